The molecule has 3 aromatic rings. The van der Waals surface area contributed by atoms with Crippen LogP contribution in [-0.2, 0) is 9.59 Å². The van der Waals surface area contributed by atoms with Crippen molar-refractivity contribution in [2.24, 2.45) is 0 Å². The molecular formula is C26H24F3N3O7. The van der Waals surface area contributed by atoms with E-state index >= 15 is 0 Å². The molecule has 0 bridgehead atoms. The molecule has 0 aliphatic heterocycles. The molecule has 0 spiro atoms. The highest BCUT2D eigenvalue weighted by atomic mass is 19.4. The van der Waals surface area contributed by atoms with E-state index < -0.39 is 41.8 Å². The van der Waals surface area contributed by atoms with Gasteiger partial charge in [-0.3, -0.25) is 14.4 Å². The Labute approximate surface area is 220 Å². The SMILES string of the molecule is O=C(N[C@@H](CCCCNC(=O)C(F)(F)F)C(=O)On1c(O)ccc1O)c1ccc(C(=O)c2ccccc2)cc1. The van der Waals surface area contributed by atoms with Gasteiger partial charge in [0.15, 0.2) is 5.78 Å². The lowest BCUT2D eigenvalue weighted by Crippen LogP contribution is -2.45. The van der Waals surface area contributed by atoms with E-state index in [4.69, 9.17) is 4.84 Å². The van der Waals surface area contributed by atoms with Crippen LogP contribution in [0.2, 0.25) is 0 Å². The van der Waals surface area contributed by atoms with Crippen LogP contribution in [0.1, 0.15) is 45.5 Å². The van der Waals surface area contributed by atoms with Crippen molar-refractivity contribution in [1.29, 1.82) is 0 Å². The summed E-state index contributed by atoms with van der Waals surface area (Å²) in [6.07, 6.45) is -5.01. The molecule has 1 aromatic heterocycles. The maximum atomic E-state index is 12.8. The van der Waals surface area contributed by atoms with Crippen molar-refractivity contribution in [2.75, 3.05) is 6.54 Å². The quantitative estimate of drug-likeness (QED) is 0.213. The Kier molecular flexibility index (Phi) is 9.31. The van der Waals surface area contributed by atoms with Gasteiger partial charge in [-0.2, -0.15) is 13.2 Å². The van der Waals surface area contributed by atoms with E-state index in [-0.39, 0.29) is 37.2 Å². The molecule has 2 amide bonds. The molecule has 13 heteroatoms. The summed E-state index contributed by atoms with van der Waals surface area (Å²) in [5.41, 5.74) is 0.884. The maximum Gasteiger partial charge on any atom is 0.471 e. The van der Waals surface area contributed by atoms with E-state index in [1.54, 1.807) is 35.6 Å². The Hall–Kier alpha value is -4.81. The first-order valence-electron chi connectivity index (χ1n) is 11.6. The van der Waals surface area contributed by atoms with Gasteiger partial charge in [-0.1, -0.05) is 42.5 Å². The molecule has 39 heavy (non-hydrogen) atoms. The molecule has 0 radical (unpaired) electrons. The normalized spacial score (nSPS) is 11.9. The smallest absolute Gasteiger partial charge is 0.471 e. The molecule has 0 fully saturated rings. The summed E-state index contributed by atoms with van der Waals surface area (Å²) in [4.78, 5) is 54.0. The van der Waals surface area contributed by atoms with Crippen LogP contribution >= 0.6 is 0 Å². The number of carbonyl (C=O) groups excluding carboxylic acids is 4. The van der Waals surface area contributed by atoms with Crippen molar-refractivity contribution in [3.8, 4) is 11.8 Å². The van der Waals surface area contributed by atoms with E-state index in [0.29, 0.717) is 15.9 Å². The average Bonchev–Trinajstić information content (AvgIpc) is 3.23. The van der Waals surface area contributed by atoms with E-state index in [9.17, 15) is 42.6 Å². The minimum Gasteiger partial charge on any atom is -0.492 e. The van der Waals surface area contributed by atoms with Crippen LogP contribution in [0.5, 0.6) is 11.8 Å². The number of unbranched alkanes of at least 4 members (excludes halogenated alkanes) is 1. The zero-order valence-corrected chi connectivity index (χ0v) is 20.3. The number of hydrogen-bond donors (Lipinski definition) is 4. The first kappa shape index (κ1) is 28.8. The molecule has 0 aliphatic carbocycles. The van der Waals surface area contributed by atoms with E-state index in [1.165, 1.54) is 24.3 Å². The zero-order chi connectivity index (χ0) is 28.6. The highest BCUT2D eigenvalue weighted by molar-refractivity contribution is 6.09. The number of aromatic nitrogens is 1. The molecule has 0 saturated carbocycles. The third kappa shape index (κ3) is 7.84. The first-order valence-corrected chi connectivity index (χ1v) is 11.6. The molecule has 2 aromatic carbocycles. The maximum absolute atomic E-state index is 12.8. The lowest BCUT2D eigenvalue weighted by Gasteiger charge is -2.18. The average molecular weight is 547 g/mol. The Bertz CT molecular complexity index is 1300. The number of hydrogen-bond acceptors (Lipinski definition) is 7. The Morgan fingerprint density at radius 2 is 1.38 bits per heavy atom. The second-order valence-corrected chi connectivity index (χ2v) is 8.30. The largest absolute Gasteiger partial charge is 0.492 e. The van der Waals surface area contributed by atoms with Crippen molar-refractivity contribution in [2.45, 2.75) is 31.5 Å². The number of aromatic hydroxyl groups is 2. The summed E-state index contributed by atoms with van der Waals surface area (Å²) in [6.45, 7) is -0.329. The van der Waals surface area contributed by atoms with Gasteiger partial charge in [-0.15, -0.1) is 4.73 Å². The molecule has 0 saturated heterocycles. The van der Waals surface area contributed by atoms with E-state index in [1.807, 2.05) is 0 Å². The predicted octanol–water partition coefficient (Wildman–Crippen LogP) is 2.73. The van der Waals surface area contributed by atoms with Gasteiger partial charge in [0.2, 0.25) is 11.8 Å². The third-order valence-electron chi connectivity index (χ3n) is 5.48. The number of nitrogens with one attached hydrogen (secondary N) is 2. The van der Waals surface area contributed by atoms with Gasteiger partial charge in [0.25, 0.3) is 5.91 Å². The highest BCUT2D eigenvalue weighted by Crippen LogP contribution is 2.19. The Balaban J connectivity index is 1.66. The van der Waals surface area contributed by atoms with E-state index in [0.717, 1.165) is 12.1 Å². The number of rotatable bonds is 11. The molecule has 206 valence electrons. The number of ketones is 1. The summed E-state index contributed by atoms with van der Waals surface area (Å²) < 4.78 is 37.4. The molecule has 1 heterocycles. The summed E-state index contributed by atoms with van der Waals surface area (Å²) in [5, 5.41) is 23.6. The lowest BCUT2D eigenvalue weighted by atomic mass is 10.0. The number of halogens is 3. The molecule has 0 unspecified atom stereocenters. The van der Waals surface area contributed by atoms with Crippen molar-refractivity contribution in [1.82, 2.24) is 15.4 Å². The van der Waals surface area contributed by atoms with Crippen LogP contribution < -0.4 is 15.5 Å². The minimum absolute atomic E-state index is 0.0395. The van der Waals surface area contributed by atoms with Crippen LogP contribution in [0.3, 0.4) is 0 Å². The van der Waals surface area contributed by atoms with Crippen molar-refractivity contribution in [3.05, 3.63) is 83.4 Å². The second kappa shape index (κ2) is 12.6. The molecular weight excluding hydrogens is 523 g/mol. The van der Waals surface area contributed by atoms with Crippen LogP contribution in [0, 0.1) is 0 Å². The Morgan fingerprint density at radius 1 is 0.821 bits per heavy atom. The first-order chi connectivity index (χ1) is 18.5. The summed E-state index contributed by atoms with van der Waals surface area (Å²) in [5.74, 6) is -5.35. The van der Waals surface area contributed by atoms with Gasteiger partial charge in [-0.05, 0) is 31.4 Å². The van der Waals surface area contributed by atoms with Gasteiger partial charge < -0.3 is 25.7 Å². The van der Waals surface area contributed by atoms with Crippen LogP contribution in [-0.4, -0.2) is 57.3 Å². The number of carbonyl (C=O) groups is 4. The fourth-order valence-electron chi connectivity index (χ4n) is 3.44. The van der Waals surface area contributed by atoms with Crippen molar-refractivity contribution < 1.29 is 47.4 Å². The van der Waals surface area contributed by atoms with Crippen LogP contribution in [0.25, 0.3) is 0 Å². The van der Waals surface area contributed by atoms with Gasteiger partial charge in [0, 0.05) is 35.4 Å². The predicted molar refractivity (Wildman–Crippen MR) is 130 cm³/mol. The topological polar surface area (TPSA) is 147 Å². The molecule has 1 atom stereocenters. The molecule has 0 aliphatic rings. The summed E-state index contributed by atoms with van der Waals surface area (Å²) >= 11 is 0. The van der Waals surface area contributed by atoms with Gasteiger partial charge in [0.05, 0.1) is 0 Å². The van der Waals surface area contributed by atoms with Crippen LogP contribution in [0.15, 0.2) is 66.7 Å². The van der Waals surface area contributed by atoms with Gasteiger partial charge >= 0.3 is 18.1 Å². The summed E-state index contributed by atoms with van der Waals surface area (Å²) in [7, 11) is 0. The monoisotopic (exact) mass is 547 g/mol. The van der Waals surface area contributed by atoms with Crippen LogP contribution in [0.4, 0.5) is 13.2 Å². The highest BCUT2D eigenvalue weighted by Gasteiger charge is 2.38. The zero-order valence-electron chi connectivity index (χ0n) is 20.3. The summed E-state index contributed by atoms with van der Waals surface area (Å²) in [6, 6.07) is 14.9. The lowest BCUT2D eigenvalue weighted by molar-refractivity contribution is -0.173. The third-order valence-corrected chi connectivity index (χ3v) is 5.48. The number of amides is 2. The molecule has 3 rings (SSSR count). The number of alkyl halides is 3. The Morgan fingerprint density at radius 3 is 1.97 bits per heavy atom. The number of nitrogens with zero attached hydrogens (tertiary/aromatic N) is 1. The van der Waals surface area contributed by atoms with Gasteiger partial charge in [0.1, 0.15) is 6.04 Å². The van der Waals surface area contributed by atoms with Gasteiger partial charge in [-0.25, -0.2) is 4.79 Å². The number of benzene rings is 2. The molecule has 4 N–H and O–H groups in total. The fraction of sp³-hybridized carbons (Fsp3) is 0.231. The second-order valence-electron chi connectivity index (χ2n) is 8.30. The fourth-order valence-corrected chi connectivity index (χ4v) is 3.44. The standard InChI is InChI=1S/C26H24F3N3O7/c27-26(28,29)25(38)30-15-5-4-8-19(24(37)39-32-20(33)13-14-21(32)34)31-23(36)18-11-9-17(10-12-18)22(35)16-6-2-1-3-7-16/h1-3,6-7,9-14,19,33-34H,4-5,8,15H2,(H,30,38)(H,31,36)/t19-/m0/s1. The molecule has 10 nitrogen and oxygen atoms in total. The van der Waals surface area contributed by atoms with Crippen molar-refractivity contribution in [3.63, 3.8) is 0 Å². The minimum atomic E-state index is -5.03. The van der Waals surface area contributed by atoms with E-state index in [2.05, 4.69) is 5.32 Å². The van der Waals surface area contributed by atoms with Crippen molar-refractivity contribution >= 4 is 23.6 Å².